The van der Waals surface area contributed by atoms with Crippen molar-refractivity contribution in [3.05, 3.63) is 81.9 Å². The third-order valence-electron chi connectivity index (χ3n) is 8.56. The van der Waals surface area contributed by atoms with E-state index in [9.17, 15) is 4.79 Å². The van der Waals surface area contributed by atoms with E-state index >= 15 is 0 Å². The number of piperidine rings is 1. The molecule has 0 saturated carbocycles. The van der Waals surface area contributed by atoms with Crippen LogP contribution in [0.4, 0.5) is 5.69 Å². The molecule has 5 heteroatoms. The molecule has 2 aromatic carbocycles. The standard InChI is InChI=1S/C33H41NO4/c1-36-32(35)27-14-17-30-26(22-27)10-7-11-29(23-8-5-4-6-9-23)31(30)24-12-15-28(16-13-24)34-20-18-25(19-21-34)33(37-2)38-3/h8,12-17,22,25,33H,4-7,9-11,18-21H2,1-3H3. The number of allylic oxidation sites excluding steroid dienone is 3. The molecule has 38 heavy (non-hydrogen) atoms. The lowest BCUT2D eigenvalue weighted by Crippen LogP contribution is -2.39. The van der Waals surface area contributed by atoms with Crippen LogP contribution in [0.15, 0.2) is 59.7 Å². The molecule has 2 aliphatic carbocycles. The van der Waals surface area contributed by atoms with Crippen molar-refractivity contribution >= 4 is 17.2 Å². The van der Waals surface area contributed by atoms with Gasteiger partial charge in [0.05, 0.1) is 12.7 Å². The Morgan fingerprint density at radius 1 is 0.895 bits per heavy atom. The van der Waals surface area contributed by atoms with E-state index in [1.54, 1.807) is 14.2 Å². The fourth-order valence-electron chi connectivity index (χ4n) is 6.55. The number of nitrogens with zero attached hydrogens (tertiary/aromatic N) is 1. The molecule has 0 radical (unpaired) electrons. The van der Waals surface area contributed by atoms with Crippen LogP contribution in [-0.4, -0.2) is 46.7 Å². The third-order valence-corrected chi connectivity index (χ3v) is 8.56. The summed E-state index contributed by atoms with van der Waals surface area (Å²) in [5.74, 6) is 0.169. The van der Waals surface area contributed by atoms with Crippen LogP contribution in [0.2, 0.25) is 0 Å². The molecular weight excluding hydrogens is 474 g/mol. The van der Waals surface area contributed by atoms with Crippen LogP contribution in [0, 0.1) is 5.92 Å². The number of carbonyl (C=O) groups is 1. The van der Waals surface area contributed by atoms with Crippen LogP contribution < -0.4 is 4.90 Å². The Kier molecular flexibility index (Phi) is 8.65. The highest BCUT2D eigenvalue weighted by Crippen LogP contribution is 2.41. The van der Waals surface area contributed by atoms with Gasteiger partial charge in [-0.1, -0.05) is 24.3 Å². The lowest BCUT2D eigenvalue weighted by atomic mass is 9.84. The maximum absolute atomic E-state index is 12.3. The Morgan fingerprint density at radius 3 is 2.32 bits per heavy atom. The highest BCUT2D eigenvalue weighted by atomic mass is 16.7. The lowest BCUT2D eigenvalue weighted by Gasteiger charge is -2.36. The molecule has 5 rings (SSSR count). The van der Waals surface area contributed by atoms with Crippen molar-refractivity contribution in [2.75, 3.05) is 39.3 Å². The second-order valence-electron chi connectivity index (χ2n) is 10.8. The maximum atomic E-state index is 12.3. The predicted molar refractivity (Wildman–Crippen MR) is 152 cm³/mol. The second kappa shape index (κ2) is 12.3. The number of carbonyl (C=O) groups excluding carboxylic acids is 1. The fourth-order valence-corrected chi connectivity index (χ4v) is 6.55. The van der Waals surface area contributed by atoms with Crippen LogP contribution in [0.5, 0.6) is 0 Å². The van der Waals surface area contributed by atoms with Gasteiger partial charge < -0.3 is 19.1 Å². The van der Waals surface area contributed by atoms with E-state index < -0.39 is 0 Å². The van der Waals surface area contributed by atoms with E-state index in [4.69, 9.17) is 14.2 Å². The van der Waals surface area contributed by atoms with Crippen LogP contribution in [-0.2, 0) is 20.6 Å². The van der Waals surface area contributed by atoms with E-state index in [-0.39, 0.29) is 12.3 Å². The molecule has 3 aliphatic rings. The molecule has 1 fully saturated rings. The SMILES string of the molecule is COC(=O)c1ccc2c(c1)CCCC(C1=CCCCC1)=C2c1ccc(N2CCC(C(OC)OC)CC2)cc1. The van der Waals surface area contributed by atoms with Gasteiger partial charge in [0.1, 0.15) is 0 Å². The normalized spacial score (nSPS) is 18.7. The monoisotopic (exact) mass is 515 g/mol. The number of hydrogen-bond donors (Lipinski definition) is 0. The van der Waals surface area contributed by atoms with Gasteiger partial charge in [-0.15, -0.1) is 0 Å². The van der Waals surface area contributed by atoms with Crippen LogP contribution in [0.25, 0.3) is 5.57 Å². The fraction of sp³-hybridized carbons (Fsp3) is 0.485. The van der Waals surface area contributed by atoms with Crippen molar-refractivity contribution in [2.45, 2.75) is 64.1 Å². The molecule has 0 aromatic heterocycles. The highest BCUT2D eigenvalue weighted by Gasteiger charge is 2.27. The topological polar surface area (TPSA) is 48.0 Å². The van der Waals surface area contributed by atoms with Crippen LogP contribution in [0.3, 0.4) is 0 Å². The molecule has 0 atom stereocenters. The van der Waals surface area contributed by atoms with Crippen molar-refractivity contribution < 1.29 is 19.0 Å². The zero-order chi connectivity index (χ0) is 26.5. The van der Waals surface area contributed by atoms with Crippen molar-refractivity contribution in [3.63, 3.8) is 0 Å². The number of hydrogen-bond acceptors (Lipinski definition) is 5. The first-order chi connectivity index (χ1) is 18.6. The number of aryl methyl sites for hydroxylation is 1. The largest absolute Gasteiger partial charge is 0.465 e. The molecule has 1 aliphatic heterocycles. The quantitative estimate of drug-likeness (QED) is 0.295. The van der Waals surface area contributed by atoms with E-state index in [2.05, 4.69) is 41.3 Å². The van der Waals surface area contributed by atoms with Gasteiger partial charge in [-0.25, -0.2) is 4.79 Å². The molecule has 0 spiro atoms. The molecule has 0 amide bonds. The number of anilines is 1. The minimum Gasteiger partial charge on any atom is -0.465 e. The van der Waals surface area contributed by atoms with E-state index in [1.165, 1.54) is 65.5 Å². The Bertz CT molecular complexity index is 1180. The zero-order valence-corrected chi connectivity index (χ0v) is 23.1. The molecule has 0 N–H and O–H groups in total. The van der Waals surface area contributed by atoms with E-state index in [1.807, 2.05) is 12.1 Å². The third kappa shape index (κ3) is 5.60. The van der Waals surface area contributed by atoms with Crippen molar-refractivity contribution in [3.8, 4) is 0 Å². The van der Waals surface area contributed by atoms with Crippen molar-refractivity contribution in [2.24, 2.45) is 5.92 Å². The lowest BCUT2D eigenvalue weighted by molar-refractivity contribution is -0.141. The first-order valence-corrected chi connectivity index (χ1v) is 14.2. The smallest absolute Gasteiger partial charge is 0.337 e. The van der Waals surface area contributed by atoms with Gasteiger partial charge >= 0.3 is 5.97 Å². The minimum atomic E-state index is -0.270. The summed E-state index contributed by atoms with van der Waals surface area (Å²) >= 11 is 0. The molecular formula is C33H41NO4. The summed E-state index contributed by atoms with van der Waals surface area (Å²) in [6.45, 7) is 2.01. The summed E-state index contributed by atoms with van der Waals surface area (Å²) in [6.07, 6.45) is 12.5. The number of methoxy groups -OCH3 is 3. The van der Waals surface area contributed by atoms with Crippen molar-refractivity contribution in [1.82, 2.24) is 0 Å². The highest BCUT2D eigenvalue weighted by molar-refractivity contribution is 5.92. The molecule has 1 heterocycles. The van der Waals surface area contributed by atoms with Gasteiger partial charge in [0, 0.05) is 38.9 Å². The maximum Gasteiger partial charge on any atom is 0.337 e. The Balaban J connectivity index is 1.47. The summed E-state index contributed by atoms with van der Waals surface area (Å²) in [5, 5.41) is 0. The zero-order valence-electron chi connectivity index (χ0n) is 23.1. The molecule has 202 valence electrons. The van der Waals surface area contributed by atoms with Gasteiger partial charge in [0.25, 0.3) is 0 Å². The number of ether oxygens (including phenoxy) is 3. The Hall–Kier alpha value is -2.89. The molecule has 1 saturated heterocycles. The molecule has 5 nitrogen and oxygen atoms in total. The Morgan fingerprint density at radius 2 is 1.66 bits per heavy atom. The first-order valence-electron chi connectivity index (χ1n) is 14.2. The van der Waals surface area contributed by atoms with E-state index in [0.29, 0.717) is 11.5 Å². The molecule has 2 aromatic rings. The van der Waals surface area contributed by atoms with Gasteiger partial charge in [-0.3, -0.25) is 0 Å². The predicted octanol–water partition coefficient (Wildman–Crippen LogP) is 6.95. The molecule has 0 unspecified atom stereocenters. The number of rotatable bonds is 7. The van der Waals surface area contributed by atoms with Gasteiger partial charge in [0.2, 0.25) is 0 Å². The van der Waals surface area contributed by atoms with Crippen LogP contribution in [0.1, 0.15) is 78.4 Å². The average molecular weight is 516 g/mol. The molecule has 0 bridgehead atoms. The number of benzene rings is 2. The summed E-state index contributed by atoms with van der Waals surface area (Å²) in [5.41, 5.74) is 10.0. The minimum absolute atomic E-state index is 0.117. The van der Waals surface area contributed by atoms with Gasteiger partial charge in [-0.2, -0.15) is 0 Å². The summed E-state index contributed by atoms with van der Waals surface area (Å²) in [6, 6.07) is 15.3. The van der Waals surface area contributed by atoms with Crippen molar-refractivity contribution in [1.29, 1.82) is 0 Å². The van der Waals surface area contributed by atoms with Gasteiger partial charge in [0.15, 0.2) is 6.29 Å². The summed E-state index contributed by atoms with van der Waals surface area (Å²) in [7, 11) is 4.91. The van der Waals surface area contributed by atoms with Crippen LogP contribution >= 0.6 is 0 Å². The first kappa shape index (κ1) is 26.7. The second-order valence-corrected chi connectivity index (χ2v) is 10.8. The summed E-state index contributed by atoms with van der Waals surface area (Å²) in [4.78, 5) is 14.7. The summed E-state index contributed by atoms with van der Waals surface area (Å²) < 4.78 is 16.0. The number of fused-ring (bicyclic) bond motifs is 1. The Labute approximate surface area is 227 Å². The van der Waals surface area contributed by atoms with Gasteiger partial charge in [-0.05, 0) is 115 Å². The number of esters is 1. The van der Waals surface area contributed by atoms with E-state index in [0.717, 1.165) is 51.6 Å². The average Bonchev–Trinajstić information content (AvgIpc) is 3.17.